The first kappa shape index (κ1) is 60.5. The number of para-hydroxylation sites is 1. The number of amides is 4. The number of likely N-dealkylation sites (tertiary alicyclic amines) is 2. The van der Waals surface area contributed by atoms with E-state index in [1.165, 1.54) is 36.7 Å². The van der Waals surface area contributed by atoms with Crippen molar-refractivity contribution in [2.45, 2.75) is 82.7 Å². The van der Waals surface area contributed by atoms with E-state index in [4.69, 9.17) is 15.2 Å². The largest absolute Gasteiger partial charge is 0.480 e. The number of aromatic nitrogens is 2. The Morgan fingerprint density at radius 1 is 0.566 bits per heavy atom. The van der Waals surface area contributed by atoms with Gasteiger partial charge in [0, 0.05) is 87.8 Å². The van der Waals surface area contributed by atoms with Gasteiger partial charge in [-0.05, 0) is 145 Å². The van der Waals surface area contributed by atoms with E-state index in [9.17, 15) is 38.3 Å². The van der Waals surface area contributed by atoms with Crippen molar-refractivity contribution >= 4 is 52.7 Å². The highest BCUT2D eigenvalue weighted by Crippen LogP contribution is 2.49. The number of nitrogens with zero attached hydrogens (tertiary/aromatic N) is 6. The van der Waals surface area contributed by atoms with E-state index in [0.717, 1.165) is 69.2 Å². The fraction of sp³-hybridized carbons (Fsp3) is 0.365. The lowest BCUT2D eigenvalue weighted by atomic mass is 9.88. The Morgan fingerprint density at radius 2 is 0.952 bits per heavy atom. The third-order valence-corrected chi connectivity index (χ3v) is 15.8. The summed E-state index contributed by atoms with van der Waals surface area (Å²) in [7, 11) is 7.69. The number of nitrogens with two attached hydrogens (primary N) is 1. The summed E-state index contributed by atoms with van der Waals surface area (Å²) in [5, 5.41) is 14.8. The van der Waals surface area contributed by atoms with Gasteiger partial charge < -0.3 is 39.9 Å². The van der Waals surface area contributed by atoms with Crippen LogP contribution in [0.2, 0.25) is 0 Å². The lowest BCUT2D eigenvalue weighted by Gasteiger charge is -2.34. The number of hydrogen-bond donors (Lipinski definition) is 4. The maximum Gasteiger partial charge on any atom is 0.323 e. The normalized spacial score (nSPS) is 16.3. The number of ether oxygens (including phenoxy) is 2. The molecule has 83 heavy (non-hydrogen) atoms. The highest BCUT2D eigenvalue weighted by Gasteiger charge is 2.56. The zero-order valence-electron chi connectivity index (χ0n) is 47.2. The number of nitrogen functional groups attached to an aromatic ring is 1. The number of pyridine rings is 2. The Kier molecular flexibility index (Phi) is 20.0. The average Bonchev–Trinajstić information content (AvgIpc) is 3.67. The number of halogens is 2. The van der Waals surface area contributed by atoms with Gasteiger partial charge in [-0.3, -0.25) is 29.8 Å². The van der Waals surface area contributed by atoms with E-state index in [-0.39, 0.29) is 77.6 Å². The van der Waals surface area contributed by atoms with Gasteiger partial charge in [0.2, 0.25) is 0 Å². The van der Waals surface area contributed by atoms with Crippen molar-refractivity contribution in [3.05, 3.63) is 162 Å². The van der Waals surface area contributed by atoms with Crippen molar-refractivity contribution in [1.29, 1.82) is 0 Å². The number of ketones is 3. The number of benzene rings is 4. The molecular formula is C63H71F2N9O9. The van der Waals surface area contributed by atoms with Crippen LogP contribution in [0.3, 0.4) is 0 Å². The van der Waals surface area contributed by atoms with E-state index >= 15 is 4.39 Å². The Morgan fingerprint density at radius 3 is 1.33 bits per heavy atom. The third kappa shape index (κ3) is 16.3. The number of anilines is 3. The fourth-order valence-electron chi connectivity index (χ4n) is 9.98. The second kappa shape index (κ2) is 27.4. The second-order valence-electron chi connectivity index (χ2n) is 21.8. The van der Waals surface area contributed by atoms with Gasteiger partial charge >= 0.3 is 18.0 Å². The van der Waals surface area contributed by atoms with Crippen LogP contribution in [0.4, 0.5) is 35.7 Å². The van der Waals surface area contributed by atoms with Crippen molar-refractivity contribution in [1.82, 2.24) is 29.6 Å². The van der Waals surface area contributed by atoms with E-state index in [1.807, 2.05) is 60.7 Å². The van der Waals surface area contributed by atoms with Crippen LogP contribution in [0.5, 0.6) is 23.0 Å². The highest BCUT2D eigenvalue weighted by molar-refractivity contribution is 6.11. The molecule has 10 rings (SSSR count). The highest BCUT2D eigenvalue weighted by atomic mass is 19.1. The number of aliphatic carboxylic acids is 1. The lowest BCUT2D eigenvalue weighted by Crippen LogP contribution is -2.46. The fourth-order valence-corrected chi connectivity index (χ4v) is 9.98. The van der Waals surface area contributed by atoms with E-state index in [2.05, 4.69) is 44.5 Å². The number of carboxylic acids is 1. The number of nitrogens with one attached hydrogen (secondary N) is 2. The van der Waals surface area contributed by atoms with Crippen LogP contribution in [0.1, 0.15) is 68.1 Å². The monoisotopic (exact) mass is 1140 g/mol. The molecule has 6 aromatic rings. The first-order valence-electron chi connectivity index (χ1n) is 27.8. The van der Waals surface area contributed by atoms with Crippen LogP contribution in [0, 0.1) is 22.5 Å². The molecule has 18 nitrogen and oxygen atoms in total. The smallest absolute Gasteiger partial charge is 0.323 e. The summed E-state index contributed by atoms with van der Waals surface area (Å²) in [5.74, 6) is -1.42. The van der Waals surface area contributed by atoms with Crippen LogP contribution in [-0.4, -0.2) is 137 Å². The van der Waals surface area contributed by atoms with Gasteiger partial charge in [0.15, 0.2) is 17.3 Å². The average molecular weight is 1140 g/mol. The Hall–Kier alpha value is -8.62. The van der Waals surface area contributed by atoms with Crippen molar-refractivity contribution in [3.63, 3.8) is 0 Å². The zero-order valence-corrected chi connectivity index (χ0v) is 47.2. The van der Waals surface area contributed by atoms with Crippen LogP contribution in [-0.2, 0) is 38.4 Å². The molecule has 4 fully saturated rings. The van der Waals surface area contributed by atoms with Crippen LogP contribution in [0.25, 0.3) is 0 Å². The number of hydrogen-bond acceptors (Lipinski definition) is 13. The quantitative estimate of drug-likeness (QED) is 0.0464. The molecule has 2 aliphatic heterocycles. The molecule has 2 saturated heterocycles. The zero-order chi connectivity index (χ0) is 59.3. The van der Waals surface area contributed by atoms with Gasteiger partial charge in [0.05, 0.1) is 5.41 Å². The van der Waals surface area contributed by atoms with Crippen LogP contribution >= 0.6 is 0 Å². The molecule has 4 aliphatic rings. The van der Waals surface area contributed by atoms with Gasteiger partial charge in [0.25, 0.3) is 0 Å². The molecule has 20 heteroatoms. The summed E-state index contributed by atoms with van der Waals surface area (Å²) >= 11 is 0. The molecule has 2 aromatic heterocycles. The maximum atomic E-state index is 15.0. The molecule has 0 atom stereocenters. The molecule has 2 saturated carbocycles. The van der Waals surface area contributed by atoms with E-state index in [1.54, 1.807) is 54.2 Å². The van der Waals surface area contributed by atoms with E-state index in [0.29, 0.717) is 48.8 Å². The van der Waals surface area contributed by atoms with Crippen molar-refractivity contribution in [2.24, 2.45) is 10.8 Å². The number of rotatable bonds is 18. The molecule has 0 bridgehead atoms. The van der Waals surface area contributed by atoms with Crippen LogP contribution < -0.4 is 25.8 Å². The standard InChI is InChI=1S/C32H35FN4O4.C25H29FN4O5.C6H7N/c1-36-16-11-24(12-17-36)37(2)31(40)35-30-21-26(10-15-34-30)41-25-9-8-23(27(33)20-25)19-29(39)32(13-14-32)28(38)18-22-6-4-3-5-7-22;1-29-11-6-17(7-12-29)30(2)24(34)28-22-15-19(5-10-27-22)35-18-4-3-16(20(26)14-18)13-21(31)25(8-9-25)23(32)33;7-6-4-2-1-3-5-6/h3-10,15,20-21,24H,11-14,16-19H2,1-2H3,(H,34,35,40);3-5,10,14-15,17H,6-9,11-13H2,1-2H3,(H,32,33)(H,27,28,34);1-5H,7H2. The summed E-state index contributed by atoms with van der Waals surface area (Å²) in [6.07, 6.45) is 7.98. The Labute approximate surface area is 482 Å². The summed E-state index contributed by atoms with van der Waals surface area (Å²) < 4.78 is 41.2. The lowest BCUT2D eigenvalue weighted by molar-refractivity contribution is -0.148. The number of carboxylic acid groups (broad SMARTS) is 1. The molecule has 5 N–H and O–H groups in total. The number of piperidine rings is 2. The van der Waals surface area contributed by atoms with Gasteiger partial charge in [-0.25, -0.2) is 28.3 Å². The predicted octanol–water partition coefficient (Wildman–Crippen LogP) is 10.1. The van der Waals surface area contributed by atoms with Gasteiger partial charge in [-0.1, -0.05) is 60.7 Å². The number of carbonyl (C=O) groups excluding carboxylic acids is 5. The number of Topliss-reactive ketones (excluding diaryl/α,β-unsaturated/α-hetero) is 3. The van der Waals surface area contributed by atoms with Crippen molar-refractivity contribution in [3.8, 4) is 23.0 Å². The molecule has 4 aromatic carbocycles. The van der Waals surface area contributed by atoms with Gasteiger partial charge in [0.1, 0.15) is 51.7 Å². The SMILES string of the molecule is CN1CCC(N(C)C(=O)Nc2cc(Oc3ccc(CC(=O)C4(C(=O)Cc5ccccc5)CC4)c(F)c3)ccn2)CC1.CN1CCC(N(C)C(=O)Nc2cc(Oc3ccc(CC(=O)C4(C(=O)O)CC4)c(F)c3)ccn2)CC1.Nc1ccccc1. The number of carbonyl (C=O) groups is 6. The predicted molar refractivity (Wildman–Crippen MR) is 310 cm³/mol. The topological polar surface area (TPSA) is 230 Å². The third-order valence-electron chi connectivity index (χ3n) is 15.8. The molecule has 436 valence electrons. The van der Waals surface area contributed by atoms with Crippen LogP contribution in [0.15, 0.2) is 134 Å². The Balaban J connectivity index is 0.000000196. The molecule has 2 aliphatic carbocycles. The first-order chi connectivity index (χ1) is 39.8. The minimum absolute atomic E-state index is 0.104. The first-order valence-corrected chi connectivity index (χ1v) is 27.8. The molecule has 4 heterocycles. The maximum absolute atomic E-state index is 15.0. The summed E-state index contributed by atoms with van der Waals surface area (Å²) in [4.78, 5) is 91.3. The van der Waals surface area contributed by atoms with Gasteiger partial charge in [-0.2, -0.15) is 0 Å². The molecule has 4 amide bonds. The van der Waals surface area contributed by atoms with Crippen molar-refractivity contribution in [2.75, 3.05) is 70.7 Å². The molecule has 0 unspecified atom stereocenters. The van der Waals surface area contributed by atoms with Gasteiger partial charge in [-0.15, -0.1) is 0 Å². The minimum Gasteiger partial charge on any atom is -0.480 e. The Bertz CT molecular complexity index is 3260. The molecule has 0 spiro atoms. The number of urea groups is 2. The molecule has 0 radical (unpaired) electrons. The van der Waals surface area contributed by atoms with Crippen molar-refractivity contribution < 1.29 is 52.1 Å². The molecular weight excluding hydrogens is 1060 g/mol. The van der Waals surface area contributed by atoms with E-state index < -0.39 is 34.2 Å². The summed E-state index contributed by atoms with van der Waals surface area (Å²) in [5.41, 5.74) is 5.03. The summed E-state index contributed by atoms with van der Waals surface area (Å²) in [6, 6.07) is 33.3. The summed E-state index contributed by atoms with van der Waals surface area (Å²) in [6.45, 7) is 3.77. The second-order valence-corrected chi connectivity index (χ2v) is 21.8. The minimum atomic E-state index is -1.36.